The molecule has 1 aromatic rings. The molecule has 0 saturated carbocycles. The van der Waals surface area contributed by atoms with Gasteiger partial charge in [-0.2, -0.15) is 0 Å². The number of aldehydes is 1. The highest BCUT2D eigenvalue weighted by Crippen LogP contribution is 2.24. The molecule has 0 radical (unpaired) electrons. The van der Waals surface area contributed by atoms with E-state index in [1.54, 1.807) is 11.4 Å². The van der Waals surface area contributed by atoms with Crippen molar-refractivity contribution < 1.29 is 33.6 Å². The molecule has 1 aromatic heterocycles. The molecular weight excluding hydrogens is 454 g/mol. The maximum absolute atomic E-state index is 13.2. The lowest BCUT2D eigenvalue weighted by molar-refractivity contribution is -0.155. The van der Waals surface area contributed by atoms with Gasteiger partial charge in [0.2, 0.25) is 11.8 Å². The first-order chi connectivity index (χ1) is 15.7. The molecule has 2 unspecified atom stereocenters. The average molecular weight is 477 g/mol. The van der Waals surface area contributed by atoms with E-state index in [-0.39, 0.29) is 43.0 Å². The Morgan fingerprint density at radius 1 is 1.24 bits per heavy atom. The molecule has 176 valence electrons. The fraction of sp³-hybridized carbons (Fsp3) is 0.450. The van der Waals surface area contributed by atoms with Gasteiger partial charge in [0.25, 0.3) is 5.78 Å². The average Bonchev–Trinajstić information content (AvgIpc) is 3.30. The van der Waals surface area contributed by atoms with Crippen LogP contribution in [0.15, 0.2) is 17.5 Å². The third kappa shape index (κ3) is 5.42. The smallest absolute Gasteiger partial charge is 0.344 e. The van der Waals surface area contributed by atoms with Gasteiger partial charge in [0.05, 0.1) is 17.5 Å². The molecule has 3 heterocycles. The molecule has 0 spiro atoms. The number of nitrogens with one attached hydrogen (secondary N) is 2. The quantitative estimate of drug-likeness (QED) is 0.295. The number of nitrogens with zero attached hydrogens (tertiary/aromatic N) is 3. The zero-order valence-corrected chi connectivity index (χ0v) is 18.6. The normalized spacial score (nSPS) is 19.3. The molecule has 0 bridgehead atoms. The summed E-state index contributed by atoms with van der Waals surface area (Å²) in [5.74, 6) is -3.33. The number of carbonyl (C=O) groups is 7. The number of rotatable bonds is 8. The van der Waals surface area contributed by atoms with Crippen molar-refractivity contribution in [2.75, 3.05) is 13.1 Å². The maximum atomic E-state index is 13.2. The van der Waals surface area contributed by atoms with Gasteiger partial charge in [-0.05, 0) is 31.2 Å². The third-order valence-corrected chi connectivity index (χ3v) is 6.03. The first kappa shape index (κ1) is 24.0. The molecule has 2 atom stereocenters. The van der Waals surface area contributed by atoms with Crippen molar-refractivity contribution in [3.8, 4) is 0 Å². The van der Waals surface area contributed by atoms with E-state index in [9.17, 15) is 33.6 Å². The monoisotopic (exact) mass is 477 g/mol. The van der Waals surface area contributed by atoms with E-state index in [0.29, 0.717) is 12.7 Å². The Morgan fingerprint density at radius 2 is 2.00 bits per heavy atom. The second kappa shape index (κ2) is 10.3. The lowest BCUT2D eigenvalue weighted by Crippen LogP contribution is -2.65. The Hall–Kier alpha value is -3.61. The number of hydrazine groups is 2. The van der Waals surface area contributed by atoms with Crippen LogP contribution in [-0.4, -0.2) is 81.8 Å². The van der Waals surface area contributed by atoms with Gasteiger partial charge in [-0.15, -0.1) is 11.3 Å². The summed E-state index contributed by atoms with van der Waals surface area (Å²) in [4.78, 5) is 86.2. The van der Waals surface area contributed by atoms with Crippen LogP contribution in [0.25, 0.3) is 0 Å². The fourth-order valence-electron chi connectivity index (χ4n) is 3.63. The van der Waals surface area contributed by atoms with Crippen molar-refractivity contribution in [3.63, 3.8) is 0 Å². The molecule has 5 amide bonds. The highest BCUT2D eigenvalue weighted by Gasteiger charge is 2.44. The Bertz CT molecular complexity index is 979. The number of Topliss-reactive ketones (excluding diaryl/α,β-unsaturated/α-hetero) is 2. The Balaban J connectivity index is 1.79. The lowest BCUT2D eigenvalue weighted by Gasteiger charge is -2.42. The summed E-state index contributed by atoms with van der Waals surface area (Å²) in [6.07, 6.45) is 0.715. The van der Waals surface area contributed by atoms with Crippen LogP contribution in [0, 0.1) is 0 Å². The van der Waals surface area contributed by atoms with Crippen LogP contribution in [0.5, 0.6) is 0 Å². The number of carbonyl (C=O) groups excluding carboxylic acids is 7. The van der Waals surface area contributed by atoms with E-state index in [1.807, 2.05) is 0 Å². The maximum Gasteiger partial charge on any atom is 0.358 e. The molecule has 2 saturated heterocycles. The van der Waals surface area contributed by atoms with Crippen LogP contribution in [0.1, 0.15) is 42.3 Å². The summed E-state index contributed by atoms with van der Waals surface area (Å²) in [7, 11) is 0. The van der Waals surface area contributed by atoms with Crippen LogP contribution >= 0.6 is 11.3 Å². The predicted octanol–water partition coefficient (Wildman–Crippen LogP) is -0.341. The van der Waals surface area contributed by atoms with Gasteiger partial charge in [0.15, 0.2) is 0 Å². The Morgan fingerprint density at radius 3 is 2.64 bits per heavy atom. The highest BCUT2D eigenvalue weighted by molar-refractivity contribution is 7.13. The van der Waals surface area contributed by atoms with Crippen molar-refractivity contribution in [3.05, 3.63) is 22.4 Å². The molecule has 0 aliphatic carbocycles. The topological polar surface area (TPSA) is 153 Å². The molecule has 3 rings (SSSR count). The molecule has 13 heteroatoms. The standard InChI is InChI=1S/C20H23N5O7S/c1-12(27)10-13(11-26)21-18(30)14-4-2-7-24-16(28)6-8-23(20(32)25(14)24)22-19(31)17(29)15-5-3-9-33-15/h3,5,9,11,13-14H,2,4,6-8,10H2,1H3,(H,21,30)(H,22,31). The first-order valence-electron chi connectivity index (χ1n) is 10.3. The van der Waals surface area contributed by atoms with Crippen molar-refractivity contribution >= 4 is 52.9 Å². The second-order valence-corrected chi connectivity index (χ2v) is 8.56. The fourth-order valence-corrected chi connectivity index (χ4v) is 4.29. The number of hydrogen-bond donors (Lipinski definition) is 2. The van der Waals surface area contributed by atoms with Crippen LogP contribution in [-0.2, 0) is 24.0 Å². The van der Waals surface area contributed by atoms with E-state index >= 15 is 0 Å². The van der Waals surface area contributed by atoms with Gasteiger partial charge in [0.1, 0.15) is 18.1 Å². The van der Waals surface area contributed by atoms with Gasteiger partial charge in [-0.3, -0.25) is 29.4 Å². The molecular formula is C20H23N5O7S. The summed E-state index contributed by atoms with van der Waals surface area (Å²) in [6, 6.07) is 0.00575. The molecule has 12 nitrogen and oxygen atoms in total. The number of amides is 5. The molecule has 0 aromatic carbocycles. The van der Waals surface area contributed by atoms with E-state index in [2.05, 4.69) is 10.7 Å². The van der Waals surface area contributed by atoms with Crippen LogP contribution < -0.4 is 10.7 Å². The highest BCUT2D eigenvalue weighted by atomic mass is 32.1. The largest absolute Gasteiger partial charge is 0.358 e. The van der Waals surface area contributed by atoms with Gasteiger partial charge in [-0.25, -0.2) is 19.8 Å². The molecule has 2 aliphatic rings. The number of thiophene rings is 1. The van der Waals surface area contributed by atoms with Crippen molar-refractivity contribution in [2.24, 2.45) is 0 Å². The molecule has 2 fully saturated rings. The SMILES string of the molecule is CC(=O)CC(C=O)NC(=O)C1CCCN2C(=O)CCN(NC(=O)C(=O)c3cccs3)C(=O)N12. The van der Waals surface area contributed by atoms with Gasteiger partial charge in [0, 0.05) is 19.4 Å². The molecule has 2 aliphatic heterocycles. The zero-order valence-electron chi connectivity index (χ0n) is 17.8. The molecule has 2 N–H and O–H groups in total. The minimum absolute atomic E-state index is 0.134. The molecule has 33 heavy (non-hydrogen) atoms. The van der Waals surface area contributed by atoms with Gasteiger partial charge >= 0.3 is 11.9 Å². The Kier molecular flexibility index (Phi) is 7.53. The summed E-state index contributed by atoms with van der Waals surface area (Å²) in [5.41, 5.74) is 2.24. The minimum Gasteiger partial charge on any atom is -0.344 e. The van der Waals surface area contributed by atoms with Crippen LogP contribution in [0.4, 0.5) is 4.79 Å². The second-order valence-electron chi connectivity index (χ2n) is 7.61. The van der Waals surface area contributed by atoms with Gasteiger partial charge in [-0.1, -0.05) is 6.07 Å². The number of fused-ring (bicyclic) bond motifs is 1. The summed E-state index contributed by atoms with van der Waals surface area (Å²) < 4.78 is 0. The number of urea groups is 1. The minimum atomic E-state index is -1.14. The van der Waals surface area contributed by atoms with E-state index in [4.69, 9.17) is 0 Å². The van der Waals surface area contributed by atoms with E-state index < -0.39 is 41.6 Å². The van der Waals surface area contributed by atoms with Crippen molar-refractivity contribution in [1.29, 1.82) is 0 Å². The van der Waals surface area contributed by atoms with Crippen LogP contribution in [0.2, 0.25) is 0 Å². The van der Waals surface area contributed by atoms with E-state index in [1.165, 1.54) is 13.0 Å². The first-order valence-corrected chi connectivity index (χ1v) is 11.2. The van der Waals surface area contributed by atoms with E-state index in [0.717, 1.165) is 26.4 Å². The zero-order chi connectivity index (χ0) is 24.1. The Labute approximate surface area is 192 Å². The summed E-state index contributed by atoms with van der Waals surface area (Å²) in [6.45, 7) is 1.28. The summed E-state index contributed by atoms with van der Waals surface area (Å²) in [5, 5.41) is 6.98. The number of ketones is 2. The third-order valence-electron chi connectivity index (χ3n) is 5.16. The van der Waals surface area contributed by atoms with Crippen LogP contribution in [0.3, 0.4) is 0 Å². The summed E-state index contributed by atoms with van der Waals surface area (Å²) >= 11 is 1.07. The van der Waals surface area contributed by atoms with Gasteiger partial charge < -0.3 is 10.1 Å². The van der Waals surface area contributed by atoms with Crippen molar-refractivity contribution in [2.45, 2.75) is 44.7 Å². The predicted molar refractivity (Wildman–Crippen MR) is 113 cm³/mol. The number of hydrogen-bond acceptors (Lipinski definition) is 8. The lowest BCUT2D eigenvalue weighted by atomic mass is 10.1. The van der Waals surface area contributed by atoms with Crippen molar-refractivity contribution in [1.82, 2.24) is 25.8 Å².